The summed E-state index contributed by atoms with van der Waals surface area (Å²) in [5.41, 5.74) is 0. The Bertz CT molecular complexity index is 242. The zero-order valence-corrected chi connectivity index (χ0v) is 7.46. The Balaban J connectivity index is 2.38. The maximum atomic E-state index is 11.8. The topological polar surface area (TPSA) is 50.9 Å². The highest BCUT2D eigenvalue weighted by molar-refractivity contribution is 7.99. The summed E-state index contributed by atoms with van der Waals surface area (Å²) in [6, 6.07) is 0. The van der Waals surface area contributed by atoms with Gasteiger partial charge in [-0.1, -0.05) is 11.8 Å². The fraction of sp³-hybridized carbons (Fsp3) is 0.667. The van der Waals surface area contributed by atoms with Gasteiger partial charge in [0.2, 0.25) is 0 Å². The molecule has 0 saturated carbocycles. The highest BCUT2D eigenvalue weighted by Gasteiger charge is 2.06. The molecule has 1 N–H and O–H groups in total. The molecular weight excluding hydrogens is 181 g/mol. The summed E-state index contributed by atoms with van der Waals surface area (Å²) >= 11 is 1.29. The van der Waals surface area contributed by atoms with Gasteiger partial charge >= 0.3 is 0 Å². The van der Waals surface area contributed by atoms with E-state index >= 15 is 0 Å². The molecule has 0 spiro atoms. The number of aliphatic hydroxyl groups is 1. The van der Waals surface area contributed by atoms with Crippen LogP contribution in [0, 0.1) is 0 Å². The average molecular weight is 191 g/mol. The van der Waals surface area contributed by atoms with Crippen molar-refractivity contribution in [3.05, 3.63) is 6.33 Å². The van der Waals surface area contributed by atoms with E-state index in [9.17, 15) is 4.39 Å². The predicted octanol–water partition coefficient (Wildman–Crippen LogP) is 0.238. The van der Waals surface area contributed by atoms with Gasteiger partial charge in [0.05, 0.1) is 6.10 Å². The number of aromatic nitrogens is 3. The first-order valence-electron chi connectivity index (χ1n) is 3.45. The molecule has 0 bridgehead atoms. The van der Waals surface area contributed by atoms with Crippen molar-refractivity contribution in [3.8, 4) is 0 Å². The van der Waals surface area contributed by atoms with E-state index in [1.807, 2.05) is 0 Å². The van der Waals surface area contributed by atoms with E-state index in [1.54, 1.807) is 17.9 Å². The molecule has 1 rings (SSSR count). The van der Waals surface area contributed by atoms with Crippen LogP contribution in [-0.2, 0) is 7.05 Å². The minimum absolute atomic E-state index is 0.309. The number of nitrogens with zero attached hydrogens (tertiary/aromatic N) is 3. The SMILES string of the molecule is Cn1cnnc1SCC(O)CF. The first kappa shape index (κ1) is 9.47. The lowest BCUT2D eigenvalue weighted by atomic mass is 10.5. The molecule has 0 aliphatic rings. The Morgan fingerprint density at radius 2 is 2.58 bits per heavy atom. The zero-order chi connectivity index (χ0) is 8.97. The number of halogens is 1. The monoisotopic (exact) mass is 191 g/mol. The molecule has 12 heavy (non-hydrogen) atoms. The van der Waals surface area contributed by atoms with Gasteiger partial charge in [0, 0.05) is 12.8 Å². The lowest BCUT2D eigenvalue weighted by Gasteiger charge is -2.03. The number of aliphatic hydroxyl groups excluding tert-OH is 1. The third-order valence-corrected chi connectivity index (χ3v) is 2.43. The summed E-state index contributed by atoms with van der Waals surface area (Å²) in [6.07, 6.45) is 0.649. The Labute approximate surface area is 73.8 Å². The normalized spacial score (nSPS) is 13.2. The average Bonchev–Trinajstić information content (AvgIpc) is 2.47. The summed E-state index contributed by atoms with van der Waals surface area (Å²) in [7, 11) is 1.80. The van der Waals surface area contributed by atoms with Crippen LogP contribution >= 0.6 is 11.8 Å². The van der Waals surface area contributed by atoms with E-state index in [-0.39, 0.29) is 0 Å². The molecule has 1 aromatic rings. The minimum atomic E-state index is -0.910. The minimum Gasteiger partial charge on any atom is -0.390 e. The highest BCUT2D eigenvalue weighted by Crippen LogP contribution is 2.14. The van der Waals surface area contributed by atoms with Crippen LogP contribution in [0.1, 0.15) is 0 Å². The third-order valence-electron chi connectivity index (χ3n) is 1.25. The second-order valence-electron chi connectivity index (χ2n) is 2.34. The Kier molecular flexibility index (Phi) is 3.48. The molecule has 0 amide bonds. The lowest BCUT2D eigenvalue weighted by Crippen LogP contribution is -2.12. The molecule has 0 aliphatic carbocycles. The van der Waals surface area contributed by atoms with Gasteiger partial charge in [-0.15, -0.1) is 10.2 Å². The molecule has 0 aliphatic heterocycles. The van der Waals surface area contributed by atoms with Gasteiger partial charge in [-0.3, -0.25) is 0 Å². The van der Waals surface area contributed by atoms with Gasteiger partial charge in [-0.2, -0.15) is 0 Å². The second-order valence-corrected chi connectivity index (χ2v) is 3.33. The van der Waals surface area contributed by atoms with Crippen molar-refractivity contribution in [3.63, 3.8) is 0 Å². The molecule has 1 unspecified atom stereocenters. The largest absolute Gasteiger partial charge is 0.390 e. The quantitative estimate of drug-likeness (QED) is 0.692. The standard InChI is InChI=1S/C6H10FN3OS/c1-10-4-8-9-6(10)12-3-5(11)2-7/h4-5,11H,2-3H2,1H3. The number of thioether (sulfide) groups is 1. The first-order valence-corrected chi connectivity index (χ1v) is 4.43. The van der Waals surface area contributed by atoms with Crippen LogP contribution < -0.4 is 0 Å². The van der Waals surface area contributed by atoms with Crippen LogP contribution in [-0.4, -0.2) is 38.4 Å². The van der Waals surface area contributed by atoms with E-state index in [0.717, 1.165) is 0 Å². The van der Waals surface area contributed by atoms with E-state index in [2.05, 4.69) is 10.2 Å². The molecule has 6 heteroatoms. The van der Waals surface area contributed by atoms with Gasteiger partial charge in [-0.05, 0) is 0 Å². The van der Waals surface area contributed by atoms with Crippen LogP contribution in [0.3, 0.4) is 0 Å². The first-order chi connectivity index (χ1) is 5.74. The molecule has 0 radical (unpaired) electrons. The fourth-order valence-electron chi connectivity index (χ4n) is 0.619. The molecule has 68 valence electrons. The fourth-order valence-corrected chi connectivity index (χ4v) is 1.40. The molecule has 4 nitrogen and oxygen atoms in total. The summed E-state index contributed by atoms with van der Waals surface area (Å²) in [6.45, 7) is -0.717. The number of alkyl halides is 1. The van der Waals surface area contributed by atoms with Crippen molar-refractivity contribution in [1.29, 1.82) is 0 Å². The van der Waals surface area contributed by atoms with Gasteiger partial charge in [0.15, 0.2) is 5.16 Å². The molecule has 1 heterocycles. The van der Waals surface area contributed by atoms with E-state index in [4.69, 9.17) is 5.11 Å². The van der Waals surface area contributed by atoms with Crippen molar-refractivity contribution in [2.24, 2.45) is 7.05 Å². The molecular formula is C6H10FN3OS. The molecule has 0 saturated heterocycles. The van der Waals surface area contributed by atoms with E-state index in [1.165, 1.54) is 11.8 Å². The molecule has 1 aromatic heterocycles. The smallest absolute Gasteiger partial charge is 0.190 e. The Hall–Kier alpha value is -0.620. The number of aryl methyl sites for hydroxylation is 1. The third kappa shape index (κ3) is 2.46. The van der Waals surface area contributed by atoms with Crippen LogP contribution in [0.25, 0.3) is 0 Å². The molecule has 1 atom stereocenters. The summed E-state index contributed by atoms with van der Waals surface area (Å²) in [5, 5.41) is 17.0. The highest BCUT2D eigenvalue weighted by atomic mass is 32.2. The maximum absolute atomic E-state index is 11.8. The van der Waals surface area contributed by atoms with Crippen molar-refractivity contribution in [2.75, 3.05) is 12.4 Å². The number of hydrogen-bond acceptors (Lipinski definition) is 4. The van der Waals surface area contributed by atoms with E-state index in [0.29, 0.717) is 10.9 Å². The van der Waals surface area contributed by atoms with Crippen molar-refractivity contribution < 1.29 is 9.50 Å². The van der Waals surface area contributed by atoms with Crippen LogP contribution in [0.4, 0.5) is 4.39 Å². The van der Waals surface area contributed by atoms with Gasteiger partial charge in [0.1, 0.15) is 13.0 Å². The molecule has 0 fully saturated rings. The number of hydrogen-bond donors (Lipinski definition) is 1. The Morgan fingerprint density at radius 1 is 1.83 bits per heavy atom. The van der Waals surface area contributed by atoms with Crippen LogP contribution in [0.15, 0.2) is 11.5 Å². The Morgan fingerprint density at radius 3 is 3.08 bits per heavy atom. The van der Waals surface area contributed by atoms with Crippen molar-refractivity contribution >= 4 is 11.8 Å². The zero-order valence-electron chi connectivity index (χ0n) is 6.64. The maximum Gasteiger partial charge on any atom is 0.190 e. The lowest BCUT2D eigenvalue weighted by molar-refractivity contribution is 0.162. The van der Waals surface area contributed by atoms with Gasteiger partial charge in [-0.25, -0.2) is 4.39 Å². The molecule has 0 aromatic carbocycles. The second kappa shape index (κ2) is 4.42. The summed E-state index contributed by atoms with van der Waals surface area (Å²) in [4.78, 5) is 0. The predicted molar refractivity (Wildman–Crippen MR) is 43.7 cm³/mol. The van der Waals surface area contributed by atoms with Gasteiger partial charge in [0.25, 0.3) is 0 Å². The van der Waals surface area contributed by atoms with Crippen molar-refractivity contribution in [2.45, 2.75) is 11.3 Å². The summed E-state index contributed by atoms with van der Waals surface area (Å²) in [5.74, 6) is 0.309. The van der Waals surface area contributed by atoms with Crippen LogP contribution in [0.2, 0.25) is 0 Å². The van der Waals surface area contributed by atoms with Crippen LogP contribution in [0.5, 0.6) is 0 Å². The van der Waals surface area contributed by atoms with Gasteiger partial charge < -0.3 is 9.67 Å². The number of rotatable bonds is 4. The van der Waals surface area contributed by atoms with E-state index < -0.39 is 12.8 Å². The van der Waals surface area contributed by atoms with Crippen molar-refractivity contribution in [1.82, 2.24) is 14.8 Å². The summed E-state index contributed by atoms with van der Waals surface area (Å²) < 4.78 is 13.5.